The third-order valence-electron chi connectivity index (χ3n) is 2.60. The lowest BCUT2D eigenvalue weighted by molar-refractivity contribution is -0.137. The van der Waals surface area contributed by atoms with Gasteiger partial charge in [0.2, 0.25) is 0 Å². The van der Waals surface area contributed by atoms with Crippen LogP contribution in [0.3, 0.4) is 0 Å². The van der Waals surface area contributed by atoms with Gasteiger partial charge in [-0.1, -0.05) is 19.9 Å². The second-order valence-electron chi connectivity index (χ2n) is 4.80. The SMILES string of the molecule is CC(C)CCOCCNc1cccc(C(F)(F)F)c1. The Morgan fingerprint density at radius 2 is 1.95 bits per heavy atom. The van der Waals surface area contributed by atoms with Crippen molar-refractivity contribution in [2.75, 3.05) is 25.1 Å². The molecule has 2 nitrogen and oxygen atoms in total. The Morgan fingerprint density at radius 1 is 1.21 bits per heavy atom. The molecule has 1 rings (SSSR count). The van der Waals surface area contributed by atoms with Gasteiger partial charge in [0.15, 0.2) is 0 Å². The highest BCUT2D eigenvalue weighted by Gasteiger charge is 2.30. The molecule has 0 saturated heterocycles. The van der Waals surface area contributed by atoms with Crippen LogP contribution in [0, 0.1) is 5.92 Å². The van der Waals surface area contributed by atoms with Crippen molar-refractivity contribution >= 4 is 5.69 Å². The Morgan fingerprint density at radius 3 is 2.58 bits per heavy atom. The van der Waals surface area contributed by atoms with E-state index in [2.05, 4.69) is 19.2 Å². The number of benzene rings is 1. The maximum absolute atomic E-state index is 12.5. The van der Waals surface area contributed by atoms with E-state index in [1.165, 1.54) is 6.07 Å². The van der Waals surface area contributed by atoms with Gasteiger partial charge in [-0.3, -0.25) is 0 Å². The number of rotatable bonds is 7. The molecule has 0 aliphatic heterocycles. The molecule has 0 amide bonds. The molecule has 0 spiro atoms. The van der Waals surface area contributed by atoms with Gasteiger partial charge >= 0.3 is 6.18 Å². The van der Waals surface area contributed by atoms with Gasteiger partial charge in [0.05, 0.1) is 12.2 Å². The second kappa shape index (κ2) is 7.38. The smallest absolute Gasteiger partial charge is 0.383 e. The minimum Gasteiger partial charge on any atom is -0.383 e. The normalized spacial score (nSPS) is 11.9. The number of anilines is 1. The van der Waals surface area contributed by atoms with Crippen molar-refractivity contribution in [1.82, 2.24) is 0 Å². The molecule has 0 unspecified atom stereocenters. The Labute approximate surface area is 112 Å². The lowest BCUT2D eigenvalue weighted by Crippen LogP contribution is -2.12. The summed E-state index contributed by atoms with van der Waals surface area (Å²) in [6.45, 7) is 5.90. The number of hydrogen-bond acceptors (Lipinski definition) is 2. The van der Waals surface area contributed by atoms with Crippen LogP contribution in [-0.4, -0.2) is 19.8 Å². The molecule has 1 aromatic carbocycles. The van der Waals surface area contributed by atoms with Gasteiger partial charge < -0.3 is 10.1 Å². The molecule has 108 valence electrons. The first-order valence-electron chi connectivity index (χ1n) is 6.38. The van der Waals surface area contributed by atoms with Crippen molar-refractivity contribution in [2.45, 2.75) is 26.4 Å². The summed E-state index contributed by atoms with van der Waals surface area (Å²) in [7, 11) is 0. The summed E-state index contributed by atoms with van der Waals surface area (Å²) in [6.07, 6.45) is -3.31. The molecule has 0 atom stereocenters. The number of nitrogens with one attached hydrogen (secondary N) is 1. The fourth-order valence-corrected chi connectivity index (χ4v) is 1.49. The van der Waals surface area contributed by atoms with E-state index < -0.39 is 11.7 Å². The van der Waals surface area contributed by atoms with Crippen LogP contribution in [-0.2, 0) is 10.9 Å². The molecule has 0 radical (unpaired) electrons. The first-order chi connectivity index (χ1) is 8.89. The van der Waals surface area contributed by atoms with Crippen LogP contribution >= 0.6 is 0 Å². The van der Waals surface area contributed by atoms with E-state index in [1.807, 2.05) is 0 Å². The van der Waals surface area contributed by atoms with Gasteiger partial charge in [-0.25, -0.2) is 0 Å². The maximum atomic E-state index is 12.5. The molecule has 0 bridgehead atoms. The molecule has 0 aliphatic carbocycles. The number of ether oxygens (including phenoxy) is 1. The average Bonchev–Trinajstić information content (AvgIpc) is 2.32. The molecular weight excluding hydrogens is 255 g/mol. The molecule has 19 heavy (non-hydrogen) atoms. The largest absolute Gasteiger partial charge is 0.416 e. The molecule has 5 heteroatoms. The zero-order valence-electron chi connectivity index (χ0n) is 11.3. The van der Waals surface area contributed by atoms with Crippen molar-refractivity contribution in [3.05, 3.63) is 29.8 Å². The van der Waals surface area contributed by atoms with Crippen LogP contribution in [0.25, 0.3) is 0 Å². The van der Waals surface area contributed by atoms with E-state index in [4.69, 9.17) is 4.74 Å². The highest BCUT2D eigenvalue weighted by atomic mass is 19.4. The van der Waals surface area contributed by atoms with E-state index in [0.29, 0.717) is 31.4 Å². The summed E-state index contributed by atoms with van der Waals surface area (Å²) in [5.41, 5.74) is -0.180. The van der Waals surface area contributed by atoms with E-state index in [0.717, 1.165) is 18.6 Å². The molecule has 0 aliphatic rings. The highest BCUT2D eigenvalue weighted by Crippen LogP contribution is 2.30. The van der Waals surface area contributed by atoms with Gasteiger partial charge in [-0.2, -0.15) is 13.2 Å². The van der Waals surface area contributed by atoms with Crippen LogP contribution in [0.1, 0.15) is 25.8 Å². The summed E-state index contributed by atoms with van der Waals surface area (Å²) >= 11 is 0. The predicted molar refractivity (Wildman–Crippen MR) is 70.2 cm³/mol. The average molecular weight is 275 g/mol. The first-order valence-corrected chi connectivity index (χ1v) is 6.38. The zero-order valence-corrected chi connectivity index (χ0v) is 11.3. The van der Waals surface area contributed by atoms with Crippen LogP contribution in [0.15, 0.2) is 24.3 Å². The van der Waals surface area contributed by atoms with Gasteiger partial charge in [-0.05, 0) is 30.5 Å². The van der Waals surface area contributed by atoms with Gasteiger partial charge in [-0.15, -0.1) is 0 Å². The fourth-order valence-electron chi connectivity index (χ4n) is 1.49. The van der Waals surface area contributed by atoms with Crippen molar-refractivity contribution < 1.29 is 17.9 Å². The number of halogens is 3. The molecule has 0 heterocycles. The van der Waals surface area contributed by atoms with Crippen LogP contribution < -0.4 is 5.32 Å². The Balaban J connectivity index is 2.30. The maximum Gasteiger partial charge on any atom is 0.416 e. The molecule has 1 aromatic rings. The van der Waals surface area contributed by atoms with E-state index in [1.54, 1.807) is 6.07 Å². The van der Waals surface area contributed by atoms with Gasteiger partial charge in [0.25, 0.3) is 0 Å². The second-order valence-corrected chi connectivity index (χ2v) is 4.80. The molecule has 0 saturated carbocycles. The molecule has 0 aromatic heterocycles. The number of hydrogen-bond donors (Lipinski definition) is 1. The summed E-state index contributed by atoms with van der Waals surface area (Å²) in [4.78, 5) is 0. The Kier molecular flexibility index (Phi) is 6.15. The quantitative estimate of drug-likeness (QED) is 0.754. The van der Waals surface area contributed by atoms with Crippen LogP contribution in [0.2, 0.25) is 0 Å². The minimum absolute atomic E-state index is 0.460. The summed E-state index contributed by atoms with van der Waals surface area (Å²) in [5.74, 6) is 0.594. The van der Waals surface area contributed by atoms with Gasteiger partial charge in [0.1, 0.15) is 0 Å². The Bertz CT molecular complexity index is 377. The third-order valence-corrected chi connectivity index (χ3v) is 2.60. The lowest BCUT2D eigenvalue weighted by atomic mass is 10.1. The van der Waals surface area contributed by atoms with Crippen molar-refractivity contribution in [2.24, 2.45) is 5.92 Å². The predicted octanol–water partition coefficient (Wildman–Crippen LogP) is 4.18. The first kappa shape index (κ1) is 15.8. The molecule has 1 N–H and O–H groups in total. The van der Waals surface area contributed by atoms with Crippen molar-refractivity contribution in [3.8, 4) is 0 Å². The minimum atomic E-state index is -4.30. The van der Waals surface area contributed by atoms with Crippen molar-refractivity contribution in [1.29, 1.82) is 0 Å². The van der Waals surface area contributed by atoms with Crippen LogP contribution in [0.4, 0.5) is 18.9 Å². The van der Waals surface area contributed by atoms with Crippen LogP contribution in [0.5, 0.6) is 0 Å². The summed E-state index contributed by atoms with van der Waals surface area (Å²) in [5, 5.41) is 2.92. The summed E-state index contributed by atoms with van der Waals surface area (Å²) < 4.78 is 42.8. The van der Waals surface area contributed by atoms with Gasteiger partial charge in [0, 0.05) is 18.8 Å². The van der Waals surface area contributed by atoms with E-state index in [-0.39, 0.29) is 0 Å². The fraction of sp³-hybridized carbons (Fsp3) is 0.571. The Hall–Kier alpha value is -1.23. The van der Waals surface area contributed by atoms with Crippen molar-refractivity contribution in [3.63, 3.8) is 0 Å². The summed E-state index contributed by atoms with van der Waals surface area (Å²) in [6, 6.07) is 5.17. The number of alkyl halides is 3. The standard InChI is InChI=1S/C14H20F3NO/c1-11(2)6-8-19-9-7-18-13-5-3-4-12(10-13)14(15,16)17/h3-5,10-11,18H,6-9H2,1-2H3. The highest BCUT2D eigenvalue weighted by molar-refractivity contribution is 5.46. The molecule has 0 fully saturated rings. The topological polar surface area (TPSA) is 21.3 Å². The van der Waals surface area contributed by atoms with E-state index in [9.17, 15) is 13.2 Å². The zero-order chi connectivity index (χ0) is 14.3. The third kappa shape index (κ3) is 6.47. The molecular formula is C14H20F3NO. The monoisotopic (exact) mass is 275 g/mol. The lowest BCUT2D eigenvalue weighted by Gasteiger charge is -2.11. The van der Waals surface area contributed by atoms with E-state index >= 15 is 0 Å².